The maximum Gasteiger partial charge on any atom is 0.0375 e. The van der Waals surface area contributed by atoms with Gasteiger partial charge in [0.25, 0.3) is 0 Å². The maximum absolute atomic E-state index is 4.64. The van der Waals surface area contributed by atoms with Gasteiger partial charge >= 0.3 is 0 Å². The Kier molecular flexibility index (Phi) is 16.4. The van der Waals surface area contributed by atoms with Crippen LogP contribution in [-0.2, 0) is 65.4 Å². The molecule has 0 aliphatic rings. The monoisotopic (exact) mass is 554 g/mol. The predicted molar refractivity (Wildman–Crippen MR) is 124 cm³/mol. The van der Waals surface area contributed by atoms with Crippen LogP contribution in [0.5, 0.6) is 0 Å². The van der Waals surface area contributed by atoms with Gasteiger partial charge in [0, 0.05) is 71.1 Å². The number of hydrogen-bond acceptors (Lipinski definition) is 2. The summed E-state index contributed by atoms with van der Waals surface area (Å²) in [5, 5.41) is 1.28. The van der Waals surface area contributed by atoms with E-state index in [0.29, 0.717) is 0 Å². The zero-order chi connectivity index (χ0) is 19.8. The first kappa shape index (κ1) is 34.6. The fourth-order valence-electron chi connectivity index (χ4n) is 3.12. The van der Waals surface area contributed by atoms with Crippen molar-refractivity contribution in [3.8, 4) is 0 Å². The van der Waals surface area contributed by atoms with Gasteiger partial charge in [-0.05, 0) is 24.9 Å². The number of pyridine rings is 2. The largest absolute Gasteiger partial charge is 0.391 e. The summed E-state index contributed by atoms with van der Waals surface area (Å²) in [6.07, 6.45) is 2.96. The maximum atomic E-state index is 4.64. The standard InChI is InChI=1S/C15H18N.C9H12N.2CH3.2Y/c1-8-7-14-15(11(4)9(8)2)12(5)10(3)13(6)16-14;1-6-5-10-9(4)8(3)7(6)2;;;;/h1-6H3;1-4H3;2*1H3;;/q4*-1;;. The van der Waals surface area contributed by atoms with Gasteiger partial charge in [-0.2, -0.15) is 22.8 Å². The number of aromatic nitrogens is 2. The zero-order valence-corrected chi connectivity index (χ0v) is 26.7. The van der Waals surface area contributed by atoms with E-state index in [0.717, 1.165) is 22.5 Å². The molecule has 0 amide bonds. The Bertz CT molecular complexity index is 917. The molecule has 160 valence electrons. The summed E-state index contributed by atoms with van der Waals surface area (Å²) in [4.78, 5) is 8.76. The van der Waals surface area contributed by atoms with E-state index in [1.807, 2.05) is 13.8 Å². The van der Waals surface area contributed by atoms with Crippen LogP contribution in [0, 0.1) is 96.4 Å². The number of fused-ring (bicyclic) bond motifs is 1. The van der Waals surface area contributed by atoms with Crippen molar-refractivity contribution in [3.63, 3.8) is 0 Å². The summed E-state index contributed by atoms with van der Waals surface area (Å²) in [6, 6.07) is 3.40. The Balaban J connectivity index is -0.000000463. The third-order valence-electron chi connectivity index (χ3n) is 5.86. The van der Waals surface area contributed by atoms with Crippen molar-refractivity contribution in [3.05, 3.63) is 83.0 Å². The fourth-order valence-corrected chi connectivity index (χ4v) is 3.12. The number of nitrogens with zero attached hydrogens (tertiary/aromatic N) is 2. The van der Waals surface area contributed by atoms with Crippen molar-refractivity contribution in [2.75, 3.05) is 0 Å². The van der Waals surface area contributed by atoms with Gasteiger partial charge in [0.15, 0.2) is 0 Å². The first-order valence-electron chi connectivity index (χ1n) is 9.14. The van der Waals surface area contributed by atoms with Crippen LogP contribution in [0.4, 0.5) is 0 Å². The van der Waals surface area contributed by atoms with Gasteiger partial charge in [0.05, 0.1) is 0 Å². The van der Waals surface area contributed by atoms with Crippen LogP contribution < -0.4 is 0 Å². The molecule has 2 radical (unpaired) electrons. The quantitative estimate of drug-likeness (QED) is 0.283. The van der Waals surface area contributed by atoms with Crippen LogP contribution in [0.15, 0.2) is 0 Å². The van der Waals surface area contributed by atoms with Crippen molar-refractivity contribution in [1.29, 1.82) is 0 Å². The molecular weight excluding hydrogens is 518 g/mol. The van der Waals surface area contributed by atoms with Crippen molar-refractivity contribution in [2.45, 2.75) is 69.2 Å². The van der Waals surface area contributed by atoms with Gasteiger partial charge in [-0.1, -0.05) is 72.8 Å². The average Bonchev–Trinajstić information content (AvgIpc) is 2.60. The Hall–Kier alpha value is -0.0122. The fraction of sp³-hybridized carbons (Fsp3) is 0.385. The van der Waals surface area contributed by atoms with E-state index in [2.05, 4.69) is 77.6 Å². The van der Waals surface area contributed by atoms with Crippen LogP contribution in [0.2, 0.25) is 0 Å². The van der Waals surface area contributed by atoms with Crippen molar-refractivity contribution in [2.24, 2.45) is 0 Å². The third-order valence-corrected chi connectivity index (χ3v) is 5.86. The van der Waals surface area contributed by atoms with E-state index in [9.17, 15) is 0 Å². The van der Waals surface area contributed by atoms with Crippen LogP contribution in [0.25, 0.3) is 10.9 Å². The molecule has 2 nitrogen and oxygen atoms in total. The Morgan fingerprint density at radius 2 is 0.967 bits per heavy atom. The Labute approximate surface area is 236 Å². The molecule has 0 unspecified atom stereocenters. The van der Waals surface area contributed by atoms with Crippen LogP contribution in [0.3, 0.4) is 0 Å². The summed E-state index contributed by atoms with van der Waals surface area (Å²) in [6.45, 7) is 21.1. The van der Waals surface area contributed by atoms with Gasteiger partial charge < -0.3 is 19.8 Å². The topological polar surface area (TPSA) is 25.8 Å². The molecule has 1 aromatic carbocycles. The minimum absolute atomic E-state index is 0. The SMILES string of the molecule is Cc1[c-]c2nc(C)c(C)c(C)c2c(C)c1C.Cc1[c-]nc(C)c(C)c1C.[CH3-].[CH3-].[Y].[Y]. The van der Waals surface area contributed by atoms with Gasteiger partial charge in [-0.15, -0.1) is 22.1 Å². The van der Waals surface area contributed by atoms with Gasteiger partial charge in [-0.3, -0.25) is 4.98 Å². The number of hydrogen-bond donors (Lipinski definition) is 0. The van der Waals surface area contributed by atoms with Gasteiger partial charge in [-0.25, -0.2) is 0 Å². The third kappa shape index (κ3) is 7.26. The van der Waals surface area contributed by atoms with E-state index in [1.165, 1.54) is 44.3 Å². The Morgan fingerprint density at radius 3 is 1.47 bits per heavy atom. The second-order valence-electron chi connectivity index (χ2n) is 7.35. The number of rotatable bonds is 0. The van der Waals surface area contributed by atoms with E-state index < -0.39 is 0 Å². The average molecular weight is 554 g/mol. The van der Waals surface area contributed by atoms with Crippen molar-refractivity contribution < 1.29 is 65.4 Å². The summed E-state index contributed by atoms with van der Waals surface area (Å²) < 4.78 is 0. The van der Waals surface area contributed by atoms with Crippen LogP contribution in [0.1, 0.15) is 55.9 Å². The molecule has 3 rings (SSSR count). The second-order valence-corrected chi connectivity index (χ2v) is 7.35. The van der Waals surface area contributed by atoms with Crippen molar-refractivity contribution >= 4 is 10.9 Å². The van der Waals surface area contributed by atoms with E-state index in [4.69, 9.17) is 0 Å². The number of benzene rings is 1. The van der Waals surface area contributed by atoms with Gasteiger partial charge in [0.2, 0.25) is 0 Å². The molecule has 0 N–H and O–H groups in total. The molecule has 0 aliphatic heterocycles. The molecule has 0 saturated carbocycles. The second kappa shape index (κ2) is 14.2. The van der Waals surface area contributed by atoms with Crippen molar-refractivity contribution in [1.82, 2.24) is 9.97 Å². The van der Waals surface area contributed by atoms with Crippen LogP contribution in [-0.4, -0.2) is 9.97 Å². The molecule has 0 bridgehead atoms. The Morgan fingerprint density at radius 1 is 0.533 bits per heavy atom. The smallest absolute Gasteiger partial charge is 0.0375 e. The molecule has 0 atom stereocenters. The molecule has 30 heavy (non-hydrogen) atoms. The minimum Gasteiger partial charge on any atom is -0.391 e. The van der Waals surface area contributed by atoms with E-state index >= 15 is 0 Å². The van der Waals surface area contributed by atoms with Gasteiger partial charge in [0.1, 0.15) is 0 Å². The first-order valence-corrected chi connectivity index (χ1v) is 9.14. The molecule has 0 spiro atoms. The molecule has 0 aliphatic carbocycles. The normalized spacial score (nSPS) is 9.27. The molecular formula is C26H36N2Y2-4. The molecule has 0 fully saturated rings. The van der Waals surface area contributed by atoms with E-state index in [1.54, 1.807) is 0 Å². The van der Waals surface area contributed by atoms with Crippen LogP contribution >= 0.6 is 0 Å². The predicted octanol–water partition coefficient (Wildman–Crippen LogP) is 6.90. The zero-order valence-electron chi connectivity index (χ0n) is 21.0. The molecule has 4 heteroatoms. The number of aryl methyl sites for hydroxylation is 6. The summed E-state index contributed by atoms with van der Waals surface area (Å²) in [7, 11) is 0. The molecule has 2 aromatic heterocycles. The summed E-state index contributed by atoms with van der Waals surface area (Å²) >= 11 is 0. The summed E-state index contributed by atoms with van der Waals surface area (Å²) in [5.41, 5.74) is 13.5. The molecule has 0 saturated heterocycles. The summed E-state index contributed by atoms with van der Waals surface area (Å²) in [5.74, 6) is 0. The van der Waals surface area contributed by atoms with E-state index in [-0.39, 0.29) is 80.3 Å². The first-order chi connectivity index (χ1) is 12.1. The minimum atomic E-state index is 0. The molecule has 2 heterocycles. The molecule has 3 aromatic rings.